The van der Waals surface area contributed by atoms with Crippen molar-refractivity contribution in [2.45, 2.75) is 24.9 Å². The monoisotopic (exact) mass is 322 g/mol. The second kappa shape index (κ2) is 5.84. The van der Waals surface area contributed by atoms with E-state index in [1.54, 1.807) is 0 Å². The highest BCUT2D eigenvalue weighted by atomic mass is 31.2. The number of aromatic nitrogens is 2. The zero-order valence-electron chi connectivity index (χ0n) is 11.1. The highest BCUT2D eigenvalue weighted by Crippen LogP contribution is 2.42. The summed E-state index contributed by atoms with van der Waals surface area (Å²) in [5.74, 6) is -1.36. The van der Waals surface area contributed by atoms with Crippen LogP contribution in [-0.4, -0.2) is 38.8 Å². The van der Waals surface area contributed by atoms with Gasteiger partial charge in [-0.3, -0.25) is 18.9 Å². The van der Waals surface area contributed by atoms with Gasteiger partial charge in [0.2, 0.25) is 0 Å². The molecule has 0 amide bonds. The quantitative estimate of drug-likeness (QED) is 0.604. The van der Waals surface area contributed by atoms with Crippen molar-refractivity contribution in [1.29, 1.82) is 0 Å². The number of methoxy groups -OCH3 is 1. The van der Waals surface area contributed by atoms with Gasteiger partial charge in [-0.1, -0.05) is 0 Å². The van der Waals surface area contributed by atoms with Crippen molar-refractivity contribution >= 4 is 7.82 Å². The second-order valence-electron chi connectivity index (χ2n) is 4.51. The van der Waals surface area contributed by atoms with E-state index in [-0.39, 0.29) is 6.42 Å². The van der Waals surface area contributed by atoms with E-state index in [2.05, 4.69) is 9.51 Å². The lowest BCUT2D eigenvalue weighted by molar-refractivity contribution is -0.240. The summed E-state index contributed by atoms with van der Waals surface area (Å²) < 4.78 is 27.0. The van der Waals surface area contributed by atoms with Gasteiger partial charge < -0.3 is 19.3 Å². The van der Waals surface area contributed by atoms with Crippen LogP contribution < -0.4 is 11.2 Å². The number of H-pyrrole nitrogens is 1. The Bertz CT molecular complexity index is 664. The average Bonchev–Trinajstić information content (AvgIpc) is 2.81. The summed E-state index contributed by atoms with van der Waals surface area (Å²) in [6, 6.07) is 1.17. The molecule has 1 saturated heterocycles. The SMILES string of the molecule is COC1(COP(=O)(O)O)CCC(n2ccc(=O)[nH]c2=O)O1. The highest BCUT2D eigenvalue weighted by molar-refractivity contribution is 7.46. The van der Waals surface area contributed by atoms with E-state index in [0.717, 1.165) is 0 Å². The number of phosphoric ester groups is 1. The summed E-state index contributed by atoms with van der Waals surface area (Å²) in [6.07, 6.45) is 1.17. The Kier molecular flexibility index (Phi) is 4.47. The van der Waals surface area contributed by atoms with Gasteiger partial charge >= 0.3 is 13.5 Å². The minimum Gasteiger partial charge on any atom is -0.351 e. The maximum Gasteiger partial charge on any atom is 0.469 e. The number of hydrogen-bond donors (Lipinski definition) is 3. The van der Waals surface area contributed by atoms with Crippen molar-refractivity contribution in [3.05, 3.63) is 33.1 Å². The zero-order chi connectivity index (χ0) is 15.7. The minimum atomic E-state index is -4.66. The fourth-order valence-electron chi connectivity index (χ4n) is 2.06. The number of ether oxygens (including phenoxy) is 2. The van der Waals surface area contributed by atoms with Gasteiger partial charge in [0, 0.05) is 25.8 Å². The topological polar surface area (TPSA) is 140 Å². The van der Waals surface area contributed by atoms with Crippen LogP contribution in [0.3, 0.4) is 0 Å². The van der Waals surface area contributed by atoms with Crippen LogP contribution in [0.25, 0.3) is 0 Å². The molecule has 0 bridgehead atoms. The van der Waals surface area contributed by atoms with Gasteiger partial charge in [0.1, 0.15) is 12.8 Å². The standard InChI is InChI=1S/C10H15N2O8P/c1-18-10(6-19-21(15,16)17)4-2-8(20-10)12-5-3-7(13)11-9(12)14/h3,5,8H,2,4,6H2,1H3,(H,11,13,14)(H2,15,16,17). The van der Waals surface area contributed by atoms with E-state index >= 15 is 0 Å². The molecule has 1 aliphatic heterocycles. The molecular weight excluding hydrogens is 307 g/mol. The van der Waals surface area contributed by atoms with Gasteiger partial charge in [0.15, 0.2) is 5.79 Å². The van der Waals surface area contributed by atoms with Crippen LogP contribution in [0.1, 0.15) is 19.1 Å². The average molecular weight is 322 g/mol. The van der Waals surface area contributed by atoms with Crippen molar-refractivity contribution in [3.8, 4) is 0 Å². The van der Waals surface area contributed by atoms with Gasteiger partial charge in [-0.05, 0) is 6.42 Å². The molecule has 3 N–H and O–H groups in total. The Morgan fingerprint density at radius 2 is 2.29 bits per heavy atom. The Morgan fingerprint density at radius 1 is 1.57 bits per heavy atom. The van der Waals surface area contributed by atoms with Crippen molar-refractivity contribution < 1.29 is 28.3 Å². The van der Waals surface area contributed by atoms with E-state index in [0.29, 0.717) is 6.42 Å². The van der Waals surface area contributed by atoms with Crippen LogP contribution in [0.15, 0.2) is 21.9 Å². The third-order valence-electron chi connectivity index (χ3n) is 3.11. The van der Waals surface area contributed by atoms with Gasteiger partial charge in [-0.25, -0.2) is 9.36 Å². The van der Waals surface area contributed by atoms with Crippen LogP contribution >= 0.6 is 7.82 Å². The predicted octanol–water partition coefficient (Wildman–Crippen LogP) is -0.702. The van der Waals surface area contributed by atoms with Crippen LogP contribution in [0, 0.1) is 0 Å². The molecule has 0 spiro atoms. The number of hydrogen-bond acceptors (Lipinski definition) is 6. The molecule has 2 atom stereocenters. The molecule has 118 valence electrons. The lowest BCUT2D eigenvalue weighted by Gasteiger charge is -2.27. The Labute approximate surface area is 118 Å². The first-order chi connectivity index (χ1) is 9.75. The molecule has 1 aromatic heterocycles. The molecule has 21 heavy (non-hydrogen) atoms. The summed E-state index contributed by atoms with van der Waals surface area (Å²) in [4.78, 5) is 42.2. The number of phosphoric acid groups is 1. The summed E-state index contributed by atoms with van der Waals surface area (Å²) in [5, 5.41) is 0. The van der Waals surface area contributed by atoms with Crippen LogP contribution in [0.4, 0.5) is 0 Å². The fourth-order valence-corrected chi connectivity index (χ4v) is 2.42. The molecule has 10 nitrogen and oxygen atoms in total. The first-order valence-electron chi connectivity index (χ1n) is 5.99. The molecule has 2 unspecified atom stereocenters. The molecule has 1 aromatic rings. The minimum absolute atomic E-state index is 0.264. The molecule has 11 heteroatoms. The maximum atomic E-state index is 11.7. The summed E-state index contributed by atoms with van der Waals surface area (Å²) >= 11 is 0. The third kappa shape index (κ3) is 3.88. The molecular formula is C10H15N2O8P. The van der Waals surface area contributed by atoms with Crippen molar-refractivity contribution in [3.63, 3.8) is 0 Å². The molecule has 2 heterocycles. The lowest BCUT2D eigenvalue weighted by atomic mass is 10.2. The van der Waals surface area contributed by atoms with Gasteiger partial charge in [-0.2, -0.15) is 0 Å². The Morgan fingerprint density at radius 3 is 2.86 bits per heavy atom. The van der Waals surface area contributed by atoms with Gasteiger partial charge in [0.25, 0.3) is 5.56 Å². The Hall–Kier alpha value is -1.29. The number of nitrogens with one attached hydrogen (secondary N) is 1. The molecule has 0 radical (unpaired) electrons. The van der Waals surface area contributed by atoms with E-state index in [1.165, 1.54) is 23.9 Å². The van der Waals surface area contributed by atoms with Crippen LogP contribution in [0.2, 0.25) is 0 Å². The largest absolute Gasteiger partial charge is 0.469 e. The molecule has 1 aliphatic rings. The van der Waals surface area contributed by atoms with Crippen molar-refractivity contribution in [2.24, 2.45) is 0 Å². The van der Waals surface area contributed by atoms with Crippen LogP contribution in [-0.2, 0) is 18.6 Å². The Balaban J connectivity index is 2.15. The molecule has 2 rings (SSSR count). The molecule has 1 fully saturated rings. The number of nitrogens with zero attached hydrogens (tertiary/aromatic N) is 1. The molecule has 0 aromatic carbocycles. The molecule has 0 aliphatic carbocycles. The van der Waals surface area contributed by atoms with Crippen LogP contribution in [0.5, 0.6) is 0 Å². The zero-order valence-corrected chi connectivity index (χ0v) is 12.0. The van der Waals surface area contributed by atoms with E-state index in [4.69, 9.17) is 19.3 Å². The smallest absolute Gasteiger partial charge is 0.351 e. The van der Waals surface area contributed by atoms with Crippen molar-refractivity contribution in [1.82, 2.24) is 9.55 Å². The fraction of sp³-hybridized carbons (Fsp3) is 0.600. The first-order valence-corrected chi connectivity index (χ1v) is 7.52. The van der Waals surface area contributed by atoms with Gasteiger partial charge in [0.05, 0.1) is 0 Å². The third-order valence-corrected chi connectivity index (χ3v) is 3.57. The van der Waals surface area contributed by atoms with E-state index in [1.807, 2.05) is 0 Å². The summed E-state index contributed by atoms with van der Waals surface area (Å²) in [5.41, 5.74) is -1.17. The van der Waals surface area contributed by atoms with Gasteiger partial charge in [-0.15, -0.1) is 0 Å². The first kappa shape index (κ1) is 16.1. The highest BCUT2D eigenvalue weighted by Gasteiger charge is 2.43. The number of aromatic amines is 1. The normalized spacial score (nSPS) is 26.1. The number of rotatable bonds is 5. The lowest BCUT2D eigenvalue weighted by Crippen LogP contribution is -2.38. The van der Waals surface area contributed by atoms with E-state index in [9.17, 15) is 14.2 Å². The summed E-state index contributed by atoms with van der Waals surface area (Å²) in [7, 11) is -3.35. The second-order valence-corrected chi connectivity index (χ2v) is 5.75. The van der Waals surface area contributed by atoms with Crippen molar-refractivity contribution in [2.75, 3.05) is 13.7 Å². The van der Waals surface area contributed by atoms with E-state index < -0.39 is 37.7 Å². The summed E-state index contributed by atoms with van der Waals surface area (Å²) in [6.45, 7) is -0.484. The maximum absolute atomic E-state index is 11.7. The predicted molar refractivity (Wildman–Crippen MR) is 68.4 cm³/mol. The molecule has 0 saturated carbocycles.